The zero-order valence-electron chi connectivity index (χ0n) is 13.0. The highest BCUT2D eigenvalue weighted by Crippen LogP contribution is 2.26. The molecule has 1 aliphatic carbocycles. The Morgan fingerprint density at radius 2 is 2.05 bits per heavy atom. The maximum Gasteiger partial charge on any atom is 0.118 e. The number of nitrogens with one attached hydrogen (secondary N) is 1. The van der Waals surface area contributed by atoms with Crippen LogP contribution in [0.25, 0.3) is 0 Å². The third kappa shape index (κ3) is 4.08. The van der Waals surface area contributed by atoms with Crippen LogP contribution in [0.3, 0.4) is 0 Å². The van der Waals surface area contributed by atoms with Crippen LogP contribution in [0.1, 0.15) is 57.1 Å². The van der Waals surface area contributed by atoms with Crippen LogP contribution in [-0.4, -0.2) is 23.5 Å². The molecule has 0 unspecified atom stereocenters. The molecule has 0 amide bonds. The highest BCUT2D eigenvalue weighted by atomic mass is 16.3. The first-order valence-electron chi connectivity index (χ1n) is 7.38. The molecule has 3 heteroatoms. The van der Waals surface area contributed by atoms with Crippen LogP contribution >= 0.6 is 0 Å². The molecule has 3 nitrogen and oxygen atoms in total. The minimum absolute atomic E-state index is 0.145. The fourth-order valence-electron chi connectivity index (χ4n) is 2.40. The normalized spacial score (nSPS) is 16.9. The standard InChI is InChI=1S/C16H28N2O/c1-12-13(10-17-16(2,3)4)9-15(19-12)11-18(5)14-7-6-8-14/h9,14,17H,6-8,10-11H2,1-5H3. The van der Waals surface area contributed by atoms with Gasteiger partial charge in [-0.05, 0) is 53.7 Å². The fraction of sp³-hybridized carbons (Fsp3) is 0.750. The highest BCUT2D eigenvalue weighted by Gasteiger charge is 2.23. The Bertz CT molecular complexity index is 413. The number of hydrogen-bond donors (Lipinski definition) is 1. The Balaban J connectivity index is 1.92. The van der Waals surface area contributed by atoms with Gasteiger partial charge in [-0.25, -0.2) is 0 Å². The summed E-state index contributed by atoms with van der Waals surface area (Å²) in [4.78, 5) is 2.42. The van der Waals surface area contributed by atoms with Gasteiger partial charge in [0.1, 0.15) is 11.5 Å². The number of rotatable bonds is 5. The molecule has 1 saturated carbocycles. The van der Waals surface area contributed by atoms with Gasteiger partial charge < -0.3 is 9.73 Å². The summed E-state index contributed by atoms with van der Waals surface area (Å²) < 4.78 is 5.89. The summed E-state index contributed by atoms with van der Waals surface area (Å²) in [5.41, 5.74) is 1.43. The second-order valence-electron chi connectivity index (χ2n) is 6.90. The summed E-state index contributed by atoms with van der Waals surface area (Å²) in [6.07, 6.45) is 4.07. The van der Waals surface area contributed by atoms with Gasteiger partial charge in [-0.3, -0.25) is 4.90 Å². The zero-order valence-corrected chi connectivity index (χ0v) is 13.0. The molecule has 0 aromatic carbocycles. The minimum Gasteiger partial charge on any atom is -0.465 e. The van der Waals surface area contributed by atoms with E-state index in [1.807, 2.05) is 0 Å². The van der Waals surface area contributed by atoms with Crippen LogP contribution in [0, 0.1) is 6.92 Å². The van der Waals surface area contributed by atoms with Gasteiger partial charge in [0.25, 0.3) is 0 Å². The summed E-state index contributed by atoms with van der Waals surface area (Å²) in [6.45, 7) is 10.4. The van der Waals surface area contributed by atoms with Crippen molar-refractivity contribution in [1.82, 2.24) is 10.2 Å². The Morgan fingerprint density at radius 3 is 2.58 bits per heavy atom. The van der Waals surface area contributed by atoms with Crippen molar-refractivity contribution in [3.63, 3.8) is 0 Å². The number of hydrogen-bond acceptors (Lipinski definition) is 3. The Hall–Kier alpha value is -0.800. The second-order valence-corrected chi connectivity index (χ2v) is 6.90. The van der Waals surface area contributed by atoms with E-state index >= 15 is 0 Å². The summed E-state index contributed by atoms with van der Waals surface area (Å²) in [6, 6.07) is 2.98. The minimum atomic E-state index is 0.145. The van der Waals surface area contributed by atoms with Crippen LogP contribution in [0.5, 0.6) is 0 Å². The van der Waals surface area contributed by atoms with E-state index in [0.717, 1.165) is 30.7 Å². The molecule has 1 heterocycles. The topological polar surface area (TPSA) is 28.4 Å². The molecule has 2 rings (SSSR count). The van der Waals surface area contributed by atoms with Crippen LogP contribution in [-0.2, 0) is 13.1 Å². The van der Waals surface area contributed by atoms with Crippen LogP contribution < -0.4 is 5.32 Å². The fourth-order valence-corrected chi connectivity index (χ4v) is 2.40. The quantitative estimate of drug-likeness (QED) is 0.883. The van der Waals surface area contributed by atoms with Gasteiger partial charge in [-0.2, -0.15) is 0 Å². The summed E-state index contributed by atoms with van der Waals surface area (Å²) >= 11 is 0. The predicted octanol–water partition coefficient (Wildman–Crippen LogP) is 3.46. The van der Waals surface area contributed by atoms with Crippen molar-refractivity contribution in [2.75, 3.05) is 7.05 Å². The van der Waals surface area contributed by atoms with Crippen molar-refractivity contribution in [3.05, 3.63) is 23.2 Å². The molecule has 0 spiro atoms. The lowest BCUT2D eigenvalue weighted by atomic mass is 9.92. The third-order valence-corrected chi connectivity index (χ3v) is 3.98. The van der Waals surface area contributed by atoms with Crippen molar-refractivity contribution >= 4 is 0 Å². The second kappa shape index (κ2) is 5.68. The van der Waals surface area contributed by atoms with Crippen molar-refractivity contribution in [3.8, 4) is 0 Å². The molecule has 0 radical (unpaired) electrons. The van der Waals surface area contributed by atoms with Crippen LogP contribution in [0.2, 0.25) is 0 Å². The average Bonchev–Trinajstić information content (AvgIpc) is 2.52. The Morgan fingerprint density at radius 1 is 1.37 bits per heavy atom. The monoisotopic (exact) mass is 264 g/mol. The zero-order chi connectivity index (χ0) is 14.0. The molecule has 1 aromatic heterocycles. The van der Waals surface area contributed by atoms with Gasteiger partial charge >= 0.3 is 0 Å². The van der Waals surface area contributed by atoms with Crippen LogP contribution in [0.4, 0.5) is 0 Å². The van der Waals surface area contributed by atoms with Gasteiger partial charge in [-0.1, -0.05) is 6.42 Å². The van der Waals surface area contributed by atoms with E-state index in [9.17, 15) is 0 Å². The number of furan rings is 1. The van der Waals surface area contributed by atoms with Crippen molar-refractivity contribution in [2.24, 2.45) is 0 Å². The lowest BCUT2D eigenvalue weighted by Gasteiger charge is -2.34. The van der Waals surface area contributed by atoms with Crippen molar-refractivity contribution < 1.29 is 4.42 Å². The third-order valence-electron chi connectivity index (χ3n) is 3.98. The first-order chi connectivity index (χ1) is 8.85. The largest absolute Gasteiger partial charge is 0.465 e. The lowest BCUT2D eigenvalue weighted by molar-refractivity contribution is 0.142. The van der Waals surface area contributed by atoms with E-state index in [2.05, 4.69) is 51.0 Å². The molecule has 1 N–H and O–H groups in total. The first kappa shape index (κ1) is 14.6. The van der Waals surface area contributed by atoms with E-state index in [0.29, 0.717) is 0 Å². The van der Waals surface area contributed by atoms with Crippen molar-refractivity contribution in [2.45, 2.75) is 71.6 Å². The van der Waals surface area contributed by atoms with E-state index < -0.39 is 0 Å². The first-order valence-corrected chi connectivity index (χ1v) is 7.38. The highest BCUT2D eigenvalue weighted by molar-refractivity contribution is 5.21. The molecule has 0 aliphatic heterocycles. The molecule has 1 aromatic rings. The summed E-state index contributed by atoms with van der Waals surface area (Å²) in [5.74, 6) is 2.14. The molecule has 1 aliphatic rings. The SMILES string of the molecule is Cc1oc(CN(C)C2CCC2)cc1CNC(C)(C)C. The molecular formula is C16H28N2O. The maximum atomic E-state index is 5.89. The van der Waals surface area contributed by atoms with Gasteiger partial charge in [0.2, 0.25) is 0 Å². The van der Waals surface area contributed by atoms with E-state index in [1.54, 1.807) is 0 Å². The van der Waals surface area contributed by atoms with Gasteiger partial charge in [0.15, 0.2) is 0 Å². The average molecular weight is 264 g/mol. The summed E-state index contributed by atoms with van der Waals surface area (Å²) in [7, 11) is 2.20. The summed E-state index contributed by atoms with van der Waals surface area (Å²) in [5, 5.41) is 3.52. The molecule has 108 valence electrons. The Kier molecular flexibility index (Phi) is 4.36. The van der Waals surface area contributed by atoms with E-state index in [4.69, 9.17) is 4.42 Å². The predicted molar refractivity (Wildman–Crippen MR) is 79.1 cm³/mol. The molecule has 0 atom stereocenters. The lowest BCUT2D eigenvalue weighted by Crippen LogP contribution is -2.36. The molecule has 19 heavy (non-hydrogen) atoms. The van der Waals surface area contributed by atoms with Gasteiger partial charge in [-0.15, -0.1) is 0 Å². The molecule has 0 saturated heterocycles. The van der Waals surface area contributed by atoms with E-state index in [1.165, 1.54) is 24.8 Å². The van der Waals surface area contributed by atoms with Gasteiger partial charge in [0, 0.05) is 23.7 Å². The molecule has 0 bridgehead atoms. The van der Waals surface area contributed by atoms with Gasteiger partial charge in [0.05, 0.1) is 6.54 Å². The van der Waals surface area contributed by atoms with E-state index in [-0.39, 0.29) is 5.54 Å². The van der Waals surface area contributed by atoms with Crippen molar-refractivity contribution in [1.29, 1.82) is 0 Å². The smallest absolute Gasteiger partial charge is 0.118 e. The molecule has 1 fully saturated rings. The van der Waals surface area contributed by atoms with Crippen LogP contribution in [0.15, 0.2) is 10.5 Å². The number of nitrogens with zero attached hydrogens (tertiary/aromatic N) is 1. The molecular weight excluding hydrogens is 236 g/mol. The number of aryl methyl sites for hydroxylation is 1. The maximum absolute atomic E-state index is 5.89. The Labute approximate surface area is 117 Å².